The molecule has 4 aromatic rings. The SMILES string of the molecule is Cc1nc2n(n1)CCN(C(=O)c1sc(N3CCOCC3)nc1C)CCCC(=O)N[C@H](Cc1c[nH]c3ccccc13)C(=O)N[C@H]2CC(C)C. The number of morpholine rings is 1. The molecule has 3 amide bonds. The summed E-state index contributed by atoms with van der Waals surface area (Å²) < 4.78 is 7.32. The molecule has 2 atom stereocenters. The van der Waals surface area contributed by atoms with E-state index in [9.17, 15) is 14.4 Å². The Hall–Kier alpha value is -4.30. The van der Waals surface area contributed by atoms with E-state index in [2.05, 4.69) is 34.4 Å². The van der Waals surface area contributed by atoms with Crippen LogP contribution in [0.1, 0.15) is 71.7 Å². The molecule has 0 aliphatic carbocycles. The minimum Gasteiger partial charge on any atom is -0.378 e. The van der Waals surface area contributed by atoms with Crippen LogP contribution < -0.4 is 15.5 Å². The minimum absolute atomic E-state index is 0.111. The molecule has 0 spiro atoms. The maximum atomic E-state index is 14.1. The predicted octanol–water partition coefficient (Wildman–Crippen LogP) is 3.54. The standard InChI is InChI=1S/C34H45N9O4S/c1-21(2)18-27-31-37-23(4)40-43(31)13-12-41(33(46)30-22(3)36-34(48-30)42-14-16-47-17-15-42)11-7-10-29(44)38-28(32(45)39-27)19-24-20-35-26-9-6-5-8-25(24)26/h5-6,8-9,20-21,27-28,35H,7,10-19H2,1-4H3,(H,38,44)(H,39,45)/t27-,28+/m0/s1. The molecule has 2 aliphatic heterocycles. The fourth-order valence-corrected chi connectivity index (χ4v) is 7.52. The van der Waals surface area contributed by atoms with E-state index in [0.29, 0.717) is 74.3 Å². The van der Waals surface area contributed by atoms with Gasteiger partial charge >= 0.3 is 0 Å². The number of anilines is 1. The molecule has 3 N–H and O–H groups in total. The third-order valence-electron chi connectivity index (χ3n) is 8.85. The van der Waals surface area contributed by atoms with E-state index in [1.165, 1.54) is 11.3 Å². The van der Waals surface area contributed by atoms with Crippen LogP contribution in [-0.4, -0.2) is 92.8 Å². The van der Waals surface area contributed by atoms with Gasteiger partial charge in [-0.05, 0) is 44.2 Å². The molecule has 6 rings (SSSR count). The molecule has 0 saturated carbocycles. The van der Waals surface area contributed by atoms with Gasteiger partial charge in [0.25, 0.3) is 5.91 Å². The second kappa shape index (κ2) is 14.9. The second-order valence-electron chi connectivity index (χ2n) is 13.0. The number of ether oxygens (including phenoxy) is 1. The molecular weight excluding hydrogens is 631 g/mol. The average molecular weight is 676 g/mol. The van der Waals surface area contributed by atoms with E-state index >= 15 is 0 Å². The van der Waals surface area contributed by atoms with E-state index in [1.807, 2.05) is 49.0 Å². The summed E-state index contributed by atoms with van der Waals surface area (Å²) in [6, 6.07) is 6.68. The summed E-state index contributed by atoms with van der Waals surface area (Å²) in [4.78, 5) is 58.8. The van der Waals surface area contributed by atoms with Crippen molar-refractivity contribution < 1.29 is 19.1 Å². The normalized spacial score (nSPS) is 20.0. The van der Waals surface area contributed by atoms with Crippen LogP contribution in [0.4, 0.5) is 5.13 Å². The number of para-hydroxylation sites is 1. The lowest BCUT2D eigenvalue weighted by Crippen LogP contribution is -2.49. The first-order valence-electron chi connectivity index (χ1n) is 16.8. The highest BCUT2D eigenvalue weighted by Gasteiger charge is 2.30. The third-order valence-corrected chi connectivity index (χ3v) is 10.1. The van der Waals surface area contributed by atoms with Crippen LogP contribution in [0.25, 0.3) is 10.9 Å². The Morgan fingerprint density at radius 3 is 2.60 bits per heavy atom. The van der Waals surface area contributed by atoms with Gasteiger partial charge in [-0.15, -0.1) is 0 Å². The molecule has 48 heavy (non-hydrogen) atoms. The summed E-state index contributed by atoms with van der Waals surface area (Å²) in [7, 11) is 0. The molecule has 2 aliphatic rings. The van der Waals surface area contributed by atoms with Gasteiger partial charge in [0.15, 0.2) is 5.13 Å². The van der Waals surface area contributed by atoms with Crippen LogP contribution in [0, 0.1) is 19.8 Å². The maximum absolute atomic E-state index is 14.1. The summed E-state index contributed by atoms with van der Waals surface area (Å²) in [5.41, 5.74) is 2.61. The quantitative estimate of drug-likeness (QED) is 0.281. The first-order chi connectivity index (χ1) is 23.2. The number of amides is 3. The smallest absolute Gasteiger partial charge is 0.265 e. The number of nitrogens with zero attached hydrogens (tertiary/aromatic N) is 6. The fraction of sp³-hybridized carbons (Fsp3) is 0.529. The van der Waals surface area contributed by atoms with E-state index < -0.39 is 12.1 Å². The highest BCUT2D eigenvalue weighted by molar-refractivity contribution is 7.17. The topological polar surface area (TPSA) is 150 Å². The van der Waals surface area contributed by atoms with Gasteiger partial charge < -0.3 is 30.2 Å². The lowest BCUT2D eigenvalue weighted by atomic mass is 10.0. The Morgan fingerprint density at radius 1 is 1.02 bits per heavy atom. The first kappa shape index (κ1) is 33.6. The van der Waals surface area contributed by atoms with Gasteiger partial charge in [-0.3, -0.25) is 14.4 Å². The third kappa shape index (κ3) is 7.70. The van der Waals surface area contributed by atoms with Crippen molar-refractivity contribution in [3.8, 4) is 0 Å². The van der Waals surface area contributed by atoms with Gasteiger partial charge in [-0.25, -0.2) is 14.6 Å². The van der Waals surface area contributed by atoms with Gasteiger partial charge in [-0.1, -0.05) is 43.4 Å². The van der Waals surface area contributed by atoms with Gasteiger partial charge in [-0.2, -0.15) is 5.10 Å². The number of fused-ring (bicyclic) bond motifs is 2. The first-order valence-corrected chi connectivity index (χ1v) is 17.6. The molecular formula is C34H45N9O4S. The summed E-state index contributed by atoms with van der Waals surface area (Å²) in [6.45, 7) is 11.8. The molecule has 3 aromatic heterocycles. The Balaban J connectivity index is 1.29. The van der Waals surface area contributed by atoms with Crippen LogP contribution in [-0.2, 0) is 27.3 Å². The lowest BCUT2D eigenvalue weighted by molar-refractivity contribution is -0.129. The largest absolute Gasteiger partial charge is 0.378 e. The number of benzene rings is 1. The highest BCUT2D eigenvalue weighted by Crippen LogP contribution is 2.29. The number of hydrogen-bond acceptors (Lipinski definition) is 9. The molecule has 256 valence electrons. The Kier molecular flexibility index (Phi) is 10.4. The second-order valence-corrected chi connectivity index (χ2v) is 14.0. The van der Waals surface area contributed by atoms with Crippen LogP contribution in [0.3, 0.4) is 0 Å². The molecule has 0 bridgehead atoms. The molecule has 13 nitrogen and oxygen atoms in total. The summed E-state index contributed by atoms with van der Waals surface area (Å²) in [5.74, 6) is 0.862. The minimum atomic E-state index is -0.803. The molecule has 14 heteroatoms. The van der Waals surface area contributed by atoms with Crippen molar-refractivity contribution in [2.75, 3.05) is 44.3 Å². The number of aromatic amines is 1. The monoisotopic (exact) mass is 675 g/mol. The zero-order chi connectivity index (χ0) is 33.8. The molecule has 1 aromatic carbocycles. The number of aromatic nitrogens is 5. The highest BCUT2D eigenvalue weighted by atomic mass is 32.1. The maximum Gasteiger partial charge on any atom is 0.265 e. The van der Waals surface area contributed by atoms with Crippen molar-refractivity contribution >= 4 is 45.1 Å². The van der Waals surface area contributed by atoms with E-state index in [4.69, 9.17) is 19.8 Å². The average Bonchev–Trinajstić information content (AvgIpc) is 3.77. The van der Waals surface area contributed by atoms with Crippen molar-refractivity contribution in [1.29, 1.82) is 0 Å². The van der Waals surface area contributed by atoms with Gasteiger partial charge in [0.1, 0.15) is 22.6 Å². The van der Waals surface area contributed by atoms with E-state index in [-0.39, 0.29) is 30.1 Å². The zero-order valence-electron chi connectivity index (χ0n) is 28.1. The summed E-state index contributed by atoms with van der Waals surface area (Å²) in [5, 5.41) is 12.8. The molecule has 0 unspecified atom stereocenters. The summed E-state index contributed by atoms with van der Waals surface area (Å²) in [6.07, 6.45) is 3.46. The number of carbonyl (C=O) groups excluding carboxylic acids is 3. The number of hydrogen-bond donors (Lipinski definition) is 3. The molecule has 0 radical (unpaired) electrons. The van der Waals surface area contributed by atoms with Crippen LogP contribution in [0.5, 0.6) is 0 Å². The number of carbonyl (C=O) groups is 3. The van der Waals surface area contributed by atoms with E-state index in [1.54, 1.807) is 4.90 Å². The number of rotatable bonds is 6. The van der Waals surface area contributed by atoms with Gasteiger partial charge in [0, 0.05) is 56.1 Å². The number of H-pyrrole nitrogens is 1. The van der Waals surface area contributed by atoms with Gasteiger partial charge in [0.05, 0.1) is 31.5 Å². The number of aryl methyl sites for hydroxylation is 2. The van der Waals surface area contributed by atoms with E-state index in [0.717, 1.165) is 34.7 Å². The number of nitrogens with one attached hydrogen (secondary N) is 3. The van der Waals surface area contributed by atoms with Gasteiger partial charge in [0.2, 0.25) is 11.8 Å². The van der Waals surface area contributed by atoms with Crippen molar-refractivity contribution in [2.45, 2.75) is 72.0 Å². The van der Waals surface area contributed by atoms with Crippen molar-refractivity contribution in [3.63, 3.8) is 0 Å². The van der Waals surface area contributed by atoms with Crippen molar-refractivity contribution in [1.82, 2.24) is 40.3 Å². The zero-order valence-corrected chi connectivity index (χ0v) is 28.9. The Bertz CT molecular complexity index is 1760. The van der Waals surface area contributed by atoms with Crippen LogP contribution in [0.15, 0.2) is 30.5 Å². The van der Waals surface area contributed by atoms with Crippen molar-refractivity contribution in [2.24, 2.45) is 5.92 Å². The Labute approximate surface area is 284 Å². The number of thiazole rings is 1. The van der Waals surface area contributed by atoms with Crippen LogP contribution in [0.2, 0.25) is 0 Å². The van der Waals surface area contributed by atoms with Crippen LogP contribution >= 0.6 is 11.3 Å². The Morgan fingerprint density at radius 2 is 1.81 bits per heavy atom. The lowest BCUT2D eigenvalue weighted by Gasteiger charge is -2.27. The summed E-state index contributed by atoms with van der Waals surface area (Å²) >= 11 is 1.41. The molecule has 1 saturated heterocycles. The predicted molar refractivity (Wildman–Crippen MR) is 184 cm³/mol. The molecule has 1 fully saturated rings. The fourth-order valence-electron chi connectivity index (χ4n) is 6.44. The molecule has 5 heterocycles. The van der Waals surface area contributed by atoms with Crippen molar-refractivity contribution in [3.05, 3.63) is 58.2 Å².